The van der Waals surface area contributed by atoms with E-state index in [-0.39, 0.29) is 23.8 Å². The lowest BCUT2D eigenvalue weighted by Gasteiger charge is -2.36. The molecule has 0 heterocycles. The number of carbonyl (C=O) groups excluding carboxylic acids is 2. The number of methoxy groups -OCH3 is 2. The summed E-state index contributed by atoms with van der Waals surface area (Å²) in [7, 11) is 2.95. The van der Waals surface area contributed by atoms with Crippen LogP contribution in [0.15, 0.2) is 0 Å². The minimum Gasteiger partial charge on any atom is -0.469 e. The van der Waals surface area contributed by atoms with Gasteiger partial charge in [0.2, 0.25) is 0 Å². The lowest BCUT2D eigenvalue weighted by atomic mass is 9.69. The molecular formula is C16H26O4. The van der Waals surface area contributed by atoms with Crippen molar-refractivity contribution in [2.45, 2.75) is 51.4 Å². The Morgan fingerprint density at radius 3 is 1.20 bits per heavy atom. The van der Waals surface area contributed by atoms with E-state index in [0.717, 1.165) is 63.2 Å². The van der Waals surface area contributed by atoms with Gasteiger partial charge < -0.3 is 9.47 Å². The van der Waals surface area contributed by atoms with Crippen LogP contribution < -0.4 is 0 Å². The molecule has 2 aliphatic carbocycles. The van der Waals surface area contributed by atoms with Crippen LogP contribution in [0.3, 0.4) is 0 Å². The van der Waals surface area contributed by atoms with Gasteiger partial charge in [-0.05, 0) is 63.2 Å². The van der Waals surface area contributed by atoms with Crippen molar-refractivity contribution in [2.24, 2.45) is 23.7 Å². The predicted molar refractivity (Wildman–Crippen MR) is 74.9 cm³/mol. The minimum absolute atomic E-state index is 0.0437. The third-order valence-corrected chi connectivity index (χ3v) is 5.28. The molecule has 0 aliphatic heterocycles. The van der Waals surface area contributed by atoms with Crippen LogP contribution >= 0.6 is 0 Å². The molecule has 20 heavy (non-hydrogen) atoms. The van der Waals surface area contributed by atoms with E-state index in [1.54, 1.807) is 0 Å². The van der Waals surface area contributed by atoms with Crippen molar-refractivity contribution in [1.29, 1.82) is 0 Å². The van der Waals surface area contributed by atoms with Crippen LogP contribution in [0.2, 0.25) is 0 Å². The molecular weight excluding hydrogens is 256 g/mol. The number of rotatable bonds is 3. The maximum atomic E-state index is 11.5. The fourth-order valence-corrected chi connectivity index (χ4v) is 3.99. The Balaban J connectivity index is 1.76. The summed E-state index contributed by atoms with van der Waals surface area (Å²) in [5.41, 5.74) is 0. The van der Waals surface area contributed by atoms with Gasteiger partial charge in [0.1, 0.15) is 0 Å². The van der Waals surface area contributed by atoms with Crippen LogP contribution in [-0.4, -0.2) is 26.2 Å². The van der Waals surface area contributed by atoms with Crippen LogP contribution in [0.5, 0.6) is 0 Å². The Kier molecular flexibility index (Phi) is 5.44. The maximum Gasteiger partial charge on any atom is 0.308 e. The second kappa shape index (κ2) is 7.09. The highest BCUT2D eigenvalue weighted by Crippen LogP contribution is 2.41. The molecule has 114 valence electrons. The topological polar surface area (TPSA) is 52.6 Å². The van der Waals surface area contributed by atoms with E-state index in [1.807, 2.05) is 0 Å². The second-order valence-electron chi connectivity index (χ2n) is 6.27. The smallest absolute Gasteiger partial charge is 0.308 e. The van der Waals surface area contributed by atoms with Crippen molar-refractivity contribution >= 4 is 11.9 Å². The van der Waals surface area contributed by atoms with E-state index in [4.69, 9.17) is 9.47 Å². The molecule has 4 nitrogen and oxygen atoms in total. The zero-order chi connectivity index (χ0) is 14.5. The molecule has 2 rings (SSSR count). The summed E-state index contributed by atoms with van der Waals surface area (Å²) < 4.78 is 9.67. The van der Waals surface area contributed by atoms with Gasteiger partial charge in [0.15, 0.2) is 0 Å². The zero-order valence-electron chi connectivity index (χ0n) is 12.6. The SMILES string of the molecule is COC(=O)C1CCC(C2CCC(C(=O)OC)CC2)CC1. The fraction of sp³-hybridized carbons (Fsp3) is 0.875. The highest BCUT2D eigenvalue weighted by atomic mass is 16.5. The minimum atomic E-state index is -0.0437. The van der Waals surface area contributed by atoms with Crippen molar-refractivity contribution in [1.82, 2.24) is 0 Å². The molecule has 0 aromatic carbocycles. The fourth-order valence-electron chi connectivity index (χ4n) is 3.99. The number of hydrogen-bond donors (Lipinski definition) is 0. The highest BCUT2D eigenvalue weighted by molar-refractivity contribution is 5.72. The first-order chi connectivity index (χ1) is 9.65. The van der Waals surface area contributed by atoms with Gasteiger partial charge in [0.05, 0.1) is 26.1 Å². The van der Waals surface area contributed by atoms with E-state index < -0.39 is 0 Å². The van der Waals surface area contributed by atoms with Crippen molar-refractivity contribution in [3.8, 4) is 0 Å². The molecule has 0 spiro atoms. The van der Waals surface area contributed by atoms with E-state index in [1.165, 1.54) is 14.2 Å². The molecule has 0 N–H and O–H groups in total. The first-order valence-electron chi connectivity index (χ1n) is 7.81. The van der Waals surface area contributed by atoms with Crippen LogP contribution in [-0.2, 0) is 19.1 Å². The first-order valence-corrected chi connectivity index (χ1v) is 7.81. The Hall–Kier alpha value is -1.06. The quantitative estimate of drug-likeness (QED) is 0.747. The summed E-state index contributed by atoms with van der Waals surface area (Å²) in [4.78, 5) is 23.1. The average molecular weight is 282 g/mol. The molecule has 2 saturated carbocycles. The molecule has 0 atom stereocenters. The molecule has 2 aliphatic rings. The molecule has 0 radical (unpaired) electrons. The van der Waals surface area contributed by atoms with Gasteiger partial charge in [0, 0.05) is 0 Å². The number of ether oxygens (including phenoxy) is 2. The van der Waals surface area contributed by atoms with Crippen molar-refractivity contribution in [3.05, 3.63) is 0 Å². The number of esters is 2. The molecule has 0 amide bonds. The maximum absolute atomic E-state index is 11.5. The Labute approximate surface area is 121 Å². The van der Waals surface area contributed by atoms with Crippen LogP contribution in [0.4, 0.5) is 0 Å². The van der Waals surface area contributed by atoms with Crippen molar-refractivity contribution in [3.63, 3.8) is 0 Å². The lowest BCUT2D eigenvalue weighted by molar-refractivity contribution is -0.148. The summed E-state index contributed by atoms with van der Waals surface area (Å²) >= 11 is 0. The van der Waals surface area contributed by atoms with Crippen LogP contribution in [0.25, 0.3) is 0 Å². The number of carbonyl (C=O) groups is 2. The van der Waals surface area contributed by atoms with Gasteiger partial charge in [-0.1, -0.05) is 0 Å². The van der Waals surface area contributed by atoms with Crippen molar-refractivity contribution in [2.75, 3.05) is 14.2 Å². The van der Waals surface area contributed by atoms with Gasteiger partial charge in [-0.3, -0.25) is 9.59 Å². The summed E-state index contributed by atoms with van der Waals surface area (Å²) in [5, 5.41) is 0. The monoisotopic (exact) mass is 282 g/mol. The average Bonchev–Trinajstić information content (AvgIpc) is 2.53. The molecule has 0 saturated heterocycles. The van der Waals surface area contributed by atoms with E-state index in [9.17, 15) is 9.59 Å². The second-order valence-corrected chi connectivity index (χ2v) is 6.27. The third kappa shape index (κ3) is 3.53. The zero-order valence-corrected chi connectivity index (χ0v) is 12.6. The summed E-state index contributed by atoms with van der Waals surface area (Å²) in [6.45, 7) is 0. The van der Waals surface area contributed by atoms with Gasteiger partial charge in [-0.25, -0.2) is 0 Å². The Morgan fingerprint density at radius 1 is 0.650 bits per heavy atom. The van der Waals surface area contributed by atoms with E-state index >= 15 is 0 Å². The van der Waals surface area contributed by atoms with Gasteiger partial charge >= 0.3 is 11.9 Å². The van der Waals surface area contributed by atoms with Gasteiger partial charge in [0.25, 0.3) is 0 Å². The molecule has 0 unspecified atom stereocenters. The van der Waals surface area contributed by atoms with Crippen LogP contribution in [0, 0.1) is 23.7 Å². The summed E-state index contributed by atoms with van der Waals surface area (Å²) in [6, 6.07) is 0. The summed E-state index contributed by atoms with van der Waals surface area (Å²) in [6.07, 6.45) is 8.40. The van der Waals surface area contributed by atoms with Crippen LogP contribution in [0.1, 0.15) is 51.4 Å². The highest BCUT2D eigenvalue weighted by Gasteiger charge is 2.34. The Morgan fingerprint density at radius 2 is 0.950 bits per heavy atom. The number of hydrogen-bond acceptors (Lipinski definition) is 4. The molecule has 0 aromatic rings. The van der Waals surface area contributed by atoms with Gasteiger partial charge in [-0.2, -0.15) is 0 Å². The predicted octanol–water partition coefficient (Wildman–Crippen LogP) is 2.95. The van der Waals surface area contributed by atoms with E-state index in [2.05, 4.69) is 0 Å². The largest absolute Gasteiger partial charge is 0.469 e. The standard InChI is InChI=1S/C16H26O4/c1-19-15(17)13-7-3-11(4-8-13)12-5-9-14(10-6-12)16(18)20-2/h11-14H,3-10H2,1-2H3. The lowest BCUT2D eigenvalue weighted by Crippen LogP contribution is -2.30. The summed E-state index contributed by atoms with van der Waals surface area (Å²) in [5.74, 6) is 1.60. The normalized spacial score (nSPS) is 34.3. The molecule has 4 heteroatoms. The van der Waals surface area contributed by atoms with Crippen molar-refractivity contribution < 1.29 is 19.1 Å². The van der Waals surface area contributed by atoms with E-state index in [0.29, 0.717) is 0 Å². The first kappa shape index (κ1) is 15.3. The molecule has 0 aromatic heterocycles. The molecule has 0 bridgehead atoms. The van der Waals surface area contributed by atoms with Gasteiger partial charge in [-0.15, -0.1) is 0 Å². The molecule has 2 fully saturated rings. The third-order valence-electron chi connectivity index (χ3n) is 5.28. The Bertz CT molecular complexity index is 302.